The number of carboxylic acids is 1. The number of hydrogen-bond donors (Lipinski definition) is 1. The van der Waals surface area contributed by atoms with Crippen LogP contribution in [-0.4, -0.2) is 21.0 Å². The number of oxazole rings is 1. The molecular weight excluding hydrogens is 359 g/mol. The van der Waals surface area contributed by atoms with Crippen molar-refractivity contribution in [3.05, 3.63) is 88.3 Å². The van der Waals surface area contributed by atoms with Gasteiger partial charge in [0.2, 0.25) is 5.89 Å². The van der Waals surface area contributed by atoms with Gasteiger partial charge in [-0.2, -0.15) is 0 Å². The average Bonchev–Trinajstić information content (AvgIpc) is 3.06. The molecule has 0 atom stereocenters. The van der Waals surface area contributed by atoms with Crippen molar-refractivity contribution >= 4 is 17.6 Å². The van der Waals surface area contributed by atoms with Crippen molar-refractivity contribution in [1.29, 1.82) is 0 Å². The van der Waals surface area contributed by atoms with Crippen molar-refractivity contribution in [2.75, 3.05) is 0 Å². The predicted molar refractivity (Wildman–Crippen MR) is 94.3 cm³/mol. The molecule has 134 valence electrons. The molecule has 0 radical (unpaired) electrons. The lowest BCUT2D eigenvalue weighted by Crippen LogP contribution is -2.22. The number of carboxylic acid groups (broad SMARTS) is 1. The molecule has 0 fully saturated rings. The van der Waals surface area contributed by atoms with E-state index < -0.39 is 5.97 Å². The van der Waals surface area contributed by atoms with E-state index in [-0.39, 0.29) is 11.5 Å². The molecule has 5 nitrogen and oxygen atoms in total. The van der Waals surface area contributed by atoms with E-state index in [2.05, 4.69) is 4.98 Å². The highest BCUT2D eigenvalue weighted by molar-refractivity contribution is 6.30. The maximum absolute atomic E-state index is 13.1. The van der Waals surface area contributed by atoms with Crippen LogP contribution in [0.2, 0.25) is 5.02 Å². The third kappa shape index (κ3) is 4.91. The fourth-order valence-electron chi connectivity index (χ4n) is 2.58. The minimum Gasteiger partial charge on any atom is -0.476 e. The molecule has 3 aromatic rings. The molecule has 0 bridgehead atoms. The standard InChI is InChI=1S/C19H16ClFN2O3/c20-15-3-1-2-14(8-15)10-23(9-13-4-6-16(21)7-5-13)11-18-22-17(12-26-18)19(24)25/h1-8,12H,9-11H2,(H,24,25). The minimum atomic E-state index is -1.14. The van der Waals surface area contributed by atoms with Crippen LogP contribution in [0.5, 0.6) is 0 Å². The molecule has 1 heterocycles. The molecular formula is C19H16ClFN2O3. The normalized spacial score (nSPS) is 11.0. The van der Waals surface area contributed by atoms with Crippen molar-refractivity contribution in [2.45, 2.75) is 19.6 Å². The summed E-state index contributed by atoms with van der Waals surface area (Å²) < 4.78 is 18.4. The Labute approximate surface area is 154 Å². The topological polar surface area (TPSA) is 66.6 Å². The number of benzene rings is 2. The van der Waals surface area contributed by atoms with E-state index in [0.717, 1.165) is 17.4 Å². The number of hydrogen-bond acceptors (Lipinski definition) is 4. The second-order valence-electron chi connectivity index (χ2n) is 5.83. The second kappa shape index (κ2) is 8.12. The first-order valence-electron chi connectivity index (χ1n) is 7.88. The van der Waals surface area contributed by atoms with Crippen LogP contribution in [0.15, 0.2) is 59.2 Å². The third-order valence-corrected chi connectivity index (χ3v) is 3.98. The summed E-state index contributed by atoms with van der Waals surface area (Å²) in [6.45, 7) is 1.36. The zero-order valence-electron chi connectivity index (χ0n) is 13.7. The van der Waals surface area contributed by atoms with Gasteiger partial charge in [0.1, 0.15) is 12.1 Å². The number of aromatic carboxylic acids is 1. The average molecular weight is 375 g/mol. The summed E-state index contributed by atoms with van der Waals surface area (Å²) in [5.41, 5.74) is 1.77. The van der Waals surface area contributed by atoms with Gasteiger partial charge in [0.25, 0.3) is 0 Å². The first kappa shape index (κ1) is 18.1. The lowest BCUT2D eigenvalue weighted by atomic mass is 10.1. The lowest BCUT2D eigenvalue weighted by Gasteiger charge is -2.21. The van der Waals surface area contributed by atoms with Gasteiger partial charge in [-0.1, -0.05) is 35.9 Å². The largest absolute Gasteiger partial charge is 0.476 e. The fourth-order valence-corrected chi connectivity index (χ4v) is 2.80. The molecule has 0 aliphatic heterocycles. The summed E-state index contributed by atoms with van der Waals surface area (Å²) in [7, 11) is 0. The van der Waals surface area contributed by atoms with Crippen LogP contribution in [0.1, 0.15) is 27.5 Å². The zero-order chi connectivity index (χ0) is 18.5. The summed E-state index contributed by atoms with van der Waals surface area (Å²) in [6.07, 6.45) is 1.12. The Hall–Kier alpha value is -2.70. The molecule has 1 N–H and O–H groups in total. The smallest absolute Gasteiger partial charge is 0.357 e. The van der Waals surface area contributed by atoms with Crippen LogP contribution in [0.4, 0.5) is 4.39 Å². The van der Waals surface area contributed by atoms with Gasteiger partial charge >= 0.3 is 5.97 Å². The van der Waals surface area contributed by atoms with Crippen LogP contribution in [0, 0.1) is 5.82 Å². The quantitative estimate of drug-likeness (QED) is 0.665. The van der Waals surface area contributed by atoms with E-state index in [1.54, 1.807) is 18.2 Å². The Bertz CT molecular complexity index is 896. The summed E-state index contributed by atoms with van der Waals surface area (Å²) in [5, 5.41) is 9.61. The van der Waals surface area contributed by atoms with E-state index in [9.17, 15) is 9.18 Å². The van der Waals surface area contributed by atoms with Crippen molar-refractivity contribution in [3.63, 3.8) is 0 Å². The number of rotatable bonds is 7. The van der Waals surface area contributed by atoms with E-state index in [0.29, 0.717) is 30.5 Å². The number of aromatic nitrogens is 1. The van der Waals surface area contributed by atoms with Crippen LogP contribution in [0.3, 0.4) is 0 Å². The number of carbonyl (C=O) groups is 1. The number of halogens is 2. The highest BCUT2D eigenvalue weighted by Crippen LogP contribution is 2.17. The molecule has 0 spiro atoms. The maximum atomic E-state index is 13.1. The van der Waals surface area contributed by atoms with E-state index in [1.165, 1.54) is 12.1 Å². The Balaban J connectivity index is 1.79. The van der Waals surface area contributed by atoms with E-state index >= 15 is 0 Å². The molecule has 7 heteroatoms. The molecule has 26 heavy (non-hydrogen) atoms. The highest BCUT2D eigenvalue weighted by atomic mass is 35.5. The zero-order valence-corrected chi connectivity index (χ0v) is 14.5. The Morgan fingerprint density at radius 3 is 2.50 bits per heavy atom. The molecule has 0 amide bonds. The Morgan fingerprint density at radius 1 is 1.12 bits per heavy atom. The Morgan fingerprint density at radius 2 is 1.85 bits per heavy atom. The minimum absolute atomic E-state index is 0.135. The molecule has 0 saturated carbocycles. The number of nitrogens with zero attached hydrogens (tertiary/aromatic N) is 2. The van der Waals surface area contributed by atoms with Crippen molar-refractivity contribution in [1.82, 2.24) is 9.88 Å². The second-order valence-corrected chi connectivity index (χ2v) is 6.27. The van der Waals surface area contributed by atoms with Crippen molar-refractivity contribution < 1.29 is 18.7 Å². The fraction of sp³-hybridized carbons (Fsp3) is 0.158. The summed E-state index contributed by atoms with van der Waals surface area (Å²) in [4.78, 5) is 16.9. The lowest BCUT2D eigenvalue weighted by molar-refractivity contribution is 0.0690. The van der Waals surface area contributed by atoms with Crippen molar-refractivity contribution in [3.8, 4) is 0 Å². The molecule has 0 aliphatic rings. The first-order chi connectivity index (χ1) is 12.5. The van der Waals surface area contributed by atoms with Gasteiger partial charge in [0, 0.05) is 18.1 Å². The molecule has 0 aliphatic carbocycles. The Kier molecular flexibility index (Phi) is 5.65. The van der Waals surface area contributed by atoms with Crippen LogP contribution in [0.25, 0.3) is 0 Å². The molecule has 2 aromatic carbocycles. The molecule has 3 rings (SSSR count). The van der Waals surface area contributed by atoms with E-state index in [1.807, 2.05) is 23.1 Å². The van der Waals surface area contributed by atoms with Gasteiger partial charge < -0.3 is 9.52 Å². The van der Waals surface area contributed by atoms with Gasteiger partial charge in [0.05, 0.1) is 6.54 Å². The summed E-state index contributed by atoms with van der Waals surface area (Å²) >= 11 is 6.05. The predicted octanol–water partition coefficient (Wildman–Crippen LogP) is 4.37. The first-order valence-corrected chi connectivity index (χ1v) is 8.26. The van der Waals surface area contributed by atoms with Crippen LogP contribution in [-0.2, 0) is 19.6 Å². The summed E-state index contributed by atoms with van der Waals surface area (Å²) in [6, 6.07) is 13.7. The van der Waals surface area contributed by atoms with Gasteiger partial charge in [0.15, 0.2) is 5.69 Å². The van der Waals surface area contributed by atoms with E-state index in [4.69, 9.17) is 21.1 Å². The van der Waals surface area contributed by atoms with Crippen molar-refractivity contribution in [2.24, 2.45) is 0 Å². The molecule has 0 unspecified atom stereocenters. The van der Waals surface area contributed by atoms with Gasteiger partial charge in [-0.05, 0) is 35.4 Å². The van der Waals surface area contributed by atoms with Gasteiger partial charge in [-0.3, -0.25) is 4.90 Å². The highest BCUT2D eigenvalue weighted by Gasteiger charge is 2.15. The van der Waals surface area contributed by atoms with Gasteiger partial charge in [-0.15, -0.1) is 0 Å². The molecule has 0 saturated heterocycles. The van der Waals surface area contributed by atoms with Gasteiger partial charge in [-0.25, -0.2) is 14.2 Å². The maximum Gasteiger partial charge on any atom is 0.357 e. The van der Waals surface area contributed by atoms with Crippen LogP contribution < -0.4 is 0 Å². The monoisotopic (exact) mass is 374 g/mol. The van der Waals surface area contributed by atoms with Crippen LogP contribution >= 0.6 is 11.6 Å². The SMILES string of the molecule is O=C(O)c1coc(CN(Cc2ccc(F)cc2)Cc2cccc(Cl)c2)n1. The summed E-state index contributed by atoms with van der Waals surface area (Å²) in [5.74, 6) is -1.14. The third-order valence-electron chi connectivity index (χ3n) is 3.74. The molecule has 1 aromatic heterocycles.